The number of benzene rings is 3. The van der Waals surface area contributed by atoms with Crippen molar-refractivity contribution >= 4 is 17.0 Å². The molecule has 0 spiro atoms. The van der Waals surface area contributed by atoms with Crippen LogP contribution in [-0.2, 0) is 13.0 Å². The minimum absolute atomic E-state index is 0.128. The minimum atomic E-state index is -0.164. The van der Waals surface area contributed by atoms with Gasteiger partial charge in [-0.1, -0.05) is 24.3 Å². The van der Waals surface area contributed by atoms with E-state index in [2.05, 4.69) is 10.3 Å². The summed E-state index contributed by atoms with van der Waals surface area (Å²) < 4.78 is 16.7. The summed E-state index contributed by atoms with van der Waals surface area (Å²) in [6, 6.07) is 20.8. The molecule has 0 bridgehead atoms. The van der Waals surface area contributed by atoms with Gasteiger partial charge in [-0.25, -0.2) is 4.98 Å². The number of methoxy groups -OCH3 is 1. The highest BCUT2D eigenvalue weighted by Crippen LogP contribution is 2.21. The summed E-state index contributed by atoms with van der Waals surface area (Å²) in [5.41, 5.74) is 3.92. The van der Waals surface area contributed by atoms with Crippen molar-refractivity contribution in [3.63, 3.8) is 0 Å². The molecule has 0 radical (unpaired) electrons. The molecule has 6 heteroatoms. The number of hydrogen-bond donors (Lipinski definition) is 1. The summed E-state index contributed by atoms with van der Waals surface area (Å²) >= 11 is 0. The van der Waals surface area contributed by atoms with Crippen molar-refractivity contribution in [2.24, 2.45) is 0 Å². The average Bonchev–Trinajstić information content (AvgIpc) is 3.20. The number of carbonyl (C=O) groups is 1. The van der Waals surface area contributed by atoms with Crippen molar-refractivity contribution in [3.05, 3.63) is 89.3 Å². The number of fused-ring (bicyclic) bond motifs is 1. The quantitative estimate of drug-likeness (QED) is 0.419. The number of nitrogens with one attached hydrogen (secondary N) is 1. The van der Waals surface area contributed by atoms with Gasteiger partial charge >= 0.3 is 0 Å². The van der Waals surface area contributed by atoms with Crippen LogP contribution in [-0.4, -0.2) is 24.1 Å². The normalized spacial score (nSPS) is 11.0. The molecule has 1 aromatic heterocycles. The van der Waals surface area contributed by atoms with Gasteiger partial charge in [0.05, 0.1) is 13.2 Å². The first-order chi connectivity index (χ1) is 15.5. The van der Waals surface area contributed by atoms with Crippen LogP contribution in [0.4, 0.5) is 0 Å². The third-order valence-electron chi connectivity index (χ3n) is 4.96. The van der Waals surface area contributed by atoms with E-state index >= 15 is 0 Å². The zero-order chi connectivity index (χ0) is 22.5. The minimum Gasteiger partial charge on any atom is -0.497 e. The number of carbonyl (C=O) groups excluding carboxylic acids is 1. The number of hydrogen-bond acceptors (Lipinski definition) is 5. The van der Waals surface area contributed by atoms with E-state index in [9.17, 15) is 4.79 Å². The highest BCUT2D eigenvalue weighted by molar-refractivity contribution is 5.97. The van der Waals surface area contributed by atoms with E-state index in [1.807, 2.05) is 68.4 Å². The Labute approximate surface area is 187 Å². The third kappa shape index (κ3) is 5.27. The molecule has 32 heavy (non-hydrogen) atoms. The Kier molecular flexibility index (Phi) is 6.40. The number of oxazole rings is 1. The molecule has 3 aromatic carbocycles. The van der Waals surface area contributed by atoms with Gasteiger partial charge in [-0.05, 0) is 67.4 Å². The summed E-state index contributed by atoms with van der Waals surface area (Å²) in [6.07, 6.45) is 0.694. The van der Waals surface area contributed by atoms with E-state index in [1.54, 1.807) is 19.2 Å². The number of aromatic nitrogens is 1. The van der Waals surface area contributed by atoms with Crippen LogP contribution in [0.1, 0.15) is 41.2 Å². The Hall–Kier alpha value is -3.80. The molecular weight excluding hydrogens is 404 g/mol. The third-order valence-corrected chi connectivity index (χ3v) is 4.96. The van der Waals surface area contributed by atoms with Crippen molar-refractivity contribution in [3.8, 4) is 11.5 Å². The van der Waals surface area contributed by atoms with E-state index < -0.39 is 0 Å². The summed E-state index contributed by atoms with van der Waals surface area (Å²) in [5.74, 6) is 2.06. The fraction of sp³-hybridized carbons (Fsp3) is 0.231. The monoisotopic (exact) mass is 430 g/mol. The number of nitrogens with zero attached hydrogens (tertiary/aromatic N) is 1. The molecule has 0 fully saturated rings. The molecule has 6 nitrogen and oxygen atoms in total. The molecule has 0 aliphatic rings. The van der Waals surface area contributed by atoms with Crippen LogP contribution >= 0.6 is 0 Å². The van der Waals surface area contributed by atoms with E-state index in [4.69, 9.17) is 13.9 Å². The lowest BCUT2D eigenvalue weighted by molar-refractivity contribution is 0.0951. The van der Waals surface area contributed by atoms with Gasteiger partial charge in [0.1, 0.15) is 17.0 Å². The molecule has 1 heterocycles. The molecule has 0 aliphatic carbocycles. The van der Waals surface area contributed by atoms with Gasteiger partial charge in [-0.2, -0.15) is 0 Å². The Bertz CT molecular complexity index is 1190. The molecule has 0 aliphatic heterocycles. The highest BCUT2D eigenvalue weighted by Gasteiger charge is 2.11. The Morgan fingerprint density at radius 2 is 1.66 bits per heavy atom. The SMILES string of the molecule is COc1ccc(Cc2nc3ccc(C(=O)NCc4ccc(OC(C)C)cc4)cc3o2)cc1. The van der Waals surface area contributed by atoms with Crippen molar-refractivity contribution in [2.75, 3.05) is 7.11 Å². The second-order valence-corrected chi connectivity index (χ2v) is 7.81. The van der Waals surface area contributed by atoms with Crippen LogP contribution < -0.4 is 14.8 Å². The Balaban J connectivity index is 1.39. The summed E-state index contributed by atoms with van der Waals surface area (Å²) in [4.78, 5) is 17.2. The van der Waals surface area contributed by atoms with Crippen LogP contribution in [0.5, 0.6) is 11.5 Å². The van der Waals surface area contributed by atoms with E-state index in [1.165, 1.54) is 0 Å². The summed E-state index contributed by atoms with van der Waals surface area (Å²) in [6.45, 7) is 4.40. The molecule has 0 atom stereocenters. The van der Waals surface area contributed by atoms with Gasteiger partial charge in [0.2, 0.25) is 0 Å². The van der Waals surface area contributed by atoms with Gasteiger partial charge in [0.15, 0.2) is 11.5 Å². The van der Waals surface area contributed by atoms with Crippen LogP contribution in [0, 0.1) is 0 Å². The number of rotatable bonds is 8. The second-order valence-electron chi connectivity index (χ2n) is 7.81. The maximum atomic E-state index is 12.6. The van der Waals surface area contributed by atoms with Crippen molar-refractivity contribution < 1.29 is 18.7 Å². The molecule has 1 amide bonds. The fourth-order valence-corrected chi connectivity index (χ4v) is 3.35. The molecule has 4 aromatic rings. The maximum absolute atomic E-state index is 12.6. The van der Waals surface area contributed by atoms with Crippen LogP contribution in [0.2, 0.25) is 0 Å². The maximum Gasteiger partial charge on any atom is 0.251 e. The van der Waals surface area contributed by atoms with Gasteiger partial charge in [0.25, 0.3) is 5.91 Å². The second kappa shape index (κ2) is 9.56. The molecule has 0 saturated heterocycles. The first kappa shape index (κ1) is 21.4. The van der Waals surface area contributed by atoms with Crippen molar-refractivity contribution in [1.29, 1.82) is 0 Å². The number of ether oxygens (including phenoxy) is 2. The predicted octanol–water partition coefficient (Wildman–Crippen LogP) is 5.14. The molecule has 0 saturated carbocycles. The fourth-order valence-electron chi connectivity index (χ4n) is 3.35. The van der Waals surface area contributed by atoms with E-state index in [0.717, 1.165) is 28.1 Å². The predicted molar refractivity (Wildman–Crippen MR) is 123 cm³/mol. The van der Waals surface area contributed by atoms with Gasteiger partial charge in [0, 0.05) is 18.5 Å². The lowest BCUT2D eigenvalue weighted by Crippen LogP contribution is -2.22. The highest BCUT2D eigenvalue weighted by atomic mass is 16.5. The topological polar surface area (TPSA) is 73.6 Å². The summed E-state index contributed by atoms with van der Waals surface area (Å²) in [7, 11) is 1.64. The van der Waals surface area contributed by atoms with Crippen molar-refractivity contribution in [1.82, 2.24) is 10.3 Å². The lowest BCUT2D eigenvalue weighted by atomic mass is 10.1. The molecule has 4 rings (SSSR count). The largest absolute Gasteiger partial charge is 0.497 e. The smallest absolute Gasteiger partial charge is 0.251 e. The lowest BCUT2D eigenvalue weighted by Gasteiger charge is -2.10. The zero-order valence-corrected chi connectivity index (χ0v) is 18.4. The van der Waals surface area contributed by atoms with Gasteiger partial charge in [-0.3, -0.25) is 4.79 Å². The van der Waals surface area contributed by atoms with Crippen LogP contribution in [0.3, 0.4) is 0 Å². The summed E-state index contributed by atoms with van der Waals surface area (Å²) in [5, 5.41) is 2.94. The number of amides is 1. The standard InChI is InChI=1S/C26H26N2O4/c1-17(2)31-22-11-6-19(7-12-22)16-27-26(29)20-8-13-23-24(15-20)32-25(28-23)14-18-4-9-21(30-3)10-5-18/h4-13,15,17H,14,16H2,1-3H3,(H,27,29). The molecule has 0 unspecified atom stereocenters. The molecule has 1 N–H and O–H groups in total. The van der Waals surface area contributed by atoms with Gasteiger partial charge < -0.3 is 19.2 Å². The van der Waals surface area contributed by atoms with E-state index in [-0.39, 0.29) is 12.0 Å². The Morgan fingerprint density at radius 1 is 0.969 bits per heavy atom. The average molecular weight is 431 g/mol. The van der Waals surface area contributed by atoms with E-state index in [0.29, 0.717) is 30.0 Å². The first-order valence-electron chi connectivity index (χ1n) is 10.6. The molecular formula is C26H26N2O4. The zero-order valence-electron chi connectivity index (χ0n) is 18.4. The first-order valence-corrected chi connectivity index (χ1v) is 10.6. The van der Waals surface area contributed by atoms with Crippen molar-refractivity contribution in [2.45, 2.75) is 32.9 Å². The van der Waals surface area contributed by atoms with Gasteiger partial charge in [-0.15, -0.1) is 0 Å². The Morgan fingerprint density at radius 3 is 2.34 bits per heavy atom. The van der Waals surface area contributed by atoms with Crippen LogP contribution in [0.25, 0.3) is 11.1 Å². The van der Waals surface area contributed by atoms with Crippen LogP contribution in [0.15, 0.2) is 71.1 Å². The molecule has 164 valence electrons.